The summed E-state index contributed by atoms with van der Waals surface area (Å²) < 4.78 is 64.8. The second kappa shape index (κ2) is 5.15. The molecular formula is C11H8F5N. The van der Waals surface area contributed by atoms with Crippen LogP contribution in [0.2, 0.25) is 0 Å². The second-order valence-corrected chi connectivity index (χ2v) is 3.22. The maximum absolute atomic E-state index is 13.2. The Labute approximate surface area is 94.4 Å². The average Bonchev–Trinajstić information content (AvgIpc) is 2.31. The summed E-state index contributed by atoms with van der Waals surface area (Å²) in [5, 5.41) is 0. The first-order valence-electron chi connectivity index (χ1n) is 4.58. The Morgan fingerprint density at radius 1 is 0.941 bits per heavy atom. The third-order valence-electron chi connectivity index (χ3n) is 2.11. The van der Waals surface area contributed by atoms with E-state index in [0.29, 0.717) is 0 Å². The third-order valence-corrected chi connectivity index (χ3v) is 2.11. The van der Waals surface area contributed by atoms with E-state index in [1.54, 1.807) is 0 Å². The number of hydrogen-bond acceptors (Lipinski definition) is 1. The van der Waals surface area contributed by atoms with Gasteiger partial charge in [-0.2, -0.15) is 0 Å². The van der Waals surface area contributed by atoms with Crippen molar-refractivity contribution in [2.45, 2.75) is 19.4 Å². The predicted octanol–water partition coefficient (Wildman–Crippen LogP) is 2.80. The zero-order valence-corrected chi connectivity index (χ0v) is 8.75. The van der Waals surface area contributed by atoms with Gasteiger partial charge in [-0.1, -0.05) is 0 Å². The summed E-state index contributed by atoms with van der Waals surface area (Å²) >= 11 is 0. The minimum atomic E-state index is -2.20. The van der Waals surface area contributed by atoms with E-state index in [9.17, 15) is 22.0 Å². The van der Waals surface area contributed by atoms with Crippen LogP contribution < -0.4 is 5.73 Å². The smallest absolute Gasteiger partial charge is 0.200 e. The van der Waals surface area contributed by atoms with Crippen LogP contribution >= 0.6 is 0 Å². The summed E-state index contributed by atoms with van der Waals surface area (Å²) in [5.74, 6) is -5.20. The fraction of sp³-hybridized carbons (Fsp3) is 0.273. The molecule has 0 aliphatic heterocycles. The number of nitrogens with two attached hydrogens (primary N) is 1. The number of benzene rings is 1. The quantitative estimate of drug-likeness (QED) is 0.371. The molecule has 0 aliphatic rings. The lowest BCUT2D eigenvalue weighted by atomic mass is 10.0. The lowest BCUT2D eigenvalue weighted by Gasteiger charge is -2.12. The number of hydrogen-bond donors (Lipinski definition) is 1. The first-order chi connectivity index (χ1) is 7.91. The first-order valence-corrected chi connectivity index (χ1v) is 4.58. The molecule has 1 rings (SSSR count). The van der Waals surface area contributed by atoms with Crippen LogP contribution in [0, 0.1) is 40.9 Å². The first kappa shape index (κ1) is 13.5. The van der Waals surface area contributed by atoms with Crippen molar-refractivity contribution in [2.75, 3.05) is 0 Å². The molecule has 1 aromatic carbocycles. The van der Waals surface area contributed by atoms with Crippen molar-refractivity contribution in [1.82, 2.24) is 0 Å². The molecule has 1 aromatic rings. The fourth-order valence-corrected chi connectivity index (χ4v) is 1.26. The number of rotatable bonds is 2. The summed E-state index contributed by atoms with van der Waals surface area (Å²) in [6.07, 6.45) is -0.200. The monoisotopic (exact) mass is 249 g/mol. The van der Waals surface area contributed by atoms with Crippen LogP contribution in [-0.2, 0) is 0 Å². The van der Waals surface area contributed by atoms with Crippen molar-refractivity contribution < 1.29 is 22.0 Å². The topological polar surface area (TPSA) is 26.0 Å². The Morgan fingerprint density at radius 2 is 1.35 bits per heavy atom. The van der Waals surface area contributed by atoms with Gasteiger partial charge in [0.15, 0.2) is 23.3 Å². The normalized spacial score (nSPS) is 11.9. The molecule has 0 aromatic heterocycles. The van der Waals surface area contributed by atoms with Gasteiger partial charge >= 0.3 is 0 Å². The fourth-order valence-electron chi connectivity index (χ4n) is 1.26. The van der Waals surface area contributed by atoms with Crippen LogP contribution in [-0.4, -0.2) is 0 Å². The lowest BCUT2D eigenvalue weighted by Crippen LogP contribution is -2.17. The van der Waals surface area contributed by atoms with E-state index in [1.165, 1.54) is 6.92 Å². The second-order valence-electron chi connectivity index (χ2n) is 3.22. The van der Waals surface area contributed by atoms with Gasteiger partial charge in [-0.15, -0.1) is 11.8 Å². The number of halogens is 5. The third kappa shape index (κ3) is 2.39. The van der Waals surface area contributed by atoms with Gasteiger partial charge in [-0.05, 0) is 6.92 Å². The summed E-state index contributed by atoms with van der Waals surface area (Å²) in [7, 11) is 0. The predicted molar refractivity (Wildman–Crippen MR) is 51.2 cm³/mol. The molecular weight excluding hydrogens is 241 g/mol. The Bertz CT molecular complexity index is 472. The molecule has 1 unspecified atom stereocenters. The Morgan fingerprint density at radius 3 is 1.76 bits per heavy atom. The van der Waals surface area contributed by atoms with Crippen molar-refractivity contribution >= 4 is 0 Å². The molecule has 0 aliphatic carbocycles. The zero-order valence-electron chi connectivity index (χ0n) is 8.75. The van der Waals surface area contributed by atoms with Crippen molar-refractivity contribution in [3.8, 4) is 11.8 Å². The molecule has 17 heavy (non-hydrogen) atoms. The lowest BCUT2D eigenvalue weighted by molar-refractivity contribution is 0.364. The summed E-state index contributed by atoms with van der Waals surface area (Å²) in [5.41, 5.74) is 4.29. The van der Waals surface area contributed by atoms with Crippen LogP contribution in [0.3, 0.4) is 0 Å². The SMILES string of the molecule is CC#CCC(N)c1c(F)c(F)c(F)c(F)c1F. The highest BCUT2D eigenvalue weighted by Gasteiger charge is 2.28. The average molecular weight is 249 g/mol. The highest BCUT2D eigenvalue weighted by Crippen LogP contribution is 2.27. The minimum absolute atomic E-state index is 0.200. The van der Waals surface area contributed by atoms with E-state index in [1.807, 2.05) is 0 Å². The maximum atomic E-state index is 13.2. The van der Waals surface area contributed by atoms with Gasteiger partial charge in [0.2, 0.25) is 5.82 Å². The van der Waals surface area contributed by atoms with Crippen LogP contribution in [0.25, 0.3) is 0 Å². The van der Waals surface area contributed by atoms with E-state index in [4.69, 9.17) is 5.73 Å². The van der Waals surface area contributed by atoms with Gasteiger partial charge < -0.3 is 5.73 Å². The molecule has 0 spiro atoms. The van der Waals surface area contributed by atoms with Crippen LogP contribution in [0.1, 0.15) is 24.9 Å². The molecule has 1 atom stereocenters. The van der Waals surface area contributed by atoms with Gasteiger partial charge in [0.05, 0.1) is 0 Å². The van der Waals surface area contributed by atoms with E-state index in [0.717, 1.165) is 0 Å². The van der Waals surface area contributed by atoms with Gasteiger partial charge in [0.1, 0.15) is 0 Å². The standard InChI is InChI=1S/C11H8F5N/c1-2-3-4-5(17)6-7(12)9(14)11(16)10(15)8(6)13/h5H,4,17H2,1H3. The summed E-state index contributed by atoms with van der Waals surface area (Å²) in [6.45, 7) is 1.46. The van der Waals surface area contributed by atoms with E-state index in [-0.39, 0.29) is 6.42 Å². The molecule has 0 radical (unpaired) electrons. The molecule has 0 saturated carbocycles. The maximum Gasteiger partial charge on any atom is 0.200 e. The molecule has 0 heterocycles. The Balaban J connectivity index is 3.36. The molecule has 0 bridgehead atoms. The van der Waals surface area contributed by atoms with Crippen molar-refractivity contribution in [2.24, 2.45) is 5.73 Å². The van der Waals surface area contributed by atoms with Crippen molar-refractivity contribution in [3.63, 3.8) is 0 Å². The van der Waals surface area contributed by atoms with Crippen LogP contribution in [0.5, 0.6) is 0 Å². The van der Waals surface area contributed by atoms with E-state index >= 15 is 0 Å². The van der Waals surface area contributed by atoms with Crippen LogP contribution in [0.4, 0.5) is 22.0 Å². The van der Waals surface area contributed by atoms with Gasteiger partial charge in [-0.25, -0.2) is 22.0 Å². The molecule has 0 saturated heterocycles. The highest BCUT2D eigenvalue weighted by molar-refractivity contribution is 5.27. The van der Waals surface area contributed by atoms with Gasteiger partial charge in [0.25, 0.3) is 0 Å². The molecule has 0 fully saturated rings. The Kier molecular flexibility index (Phi) is 4.07. The van der Waals surface area contributed by atoms with Crippen molar-refractivity contribution in [3.05, 3.63) is 34.6 Å². The summed E-state index contributed by atoms with van der Waals surface area (Å²) in [6, 6.07) is -1.37. The Hall–Kier alpha value is -1.61. The molecule has 2 N–H and O–H groups in total. The zero-order chi connectivity index (χ0) is 13.2. The van der Waals surface area contributed by atoms with E-state index in [2.05, 4.69) is 11.8 Å². The van der Waals surface area contributed by atoms with E-state index < -0.39 is 40.7 Å². The highest BCUT2D eigenvalue weighted by atomic mass is 19.2. The van der Waals surface area contributed by atoms with Crippen molar-refractivity contribution in [1.29, 1.82) is 0 Å². The van der Waals surface area contributed by atoms with Crippen LogP contribution in [0.15, 0.2) is 0 Å². The molecule has 6 heteroatoms. The molecule has 0 amide bonds. The van der Waals surface area contributed by atoms with Gasteiger partial charge in [0, 0.05) is 18.0 Å². The largest absolute Gasteiger partial charge is 0.323 e. The minimum Gasteiger partial charge on any atom is -0.323 e. The molecule has 92 valence electrons. The van der Waals surface area contributed by atoms with Gasteiger partial charge in [-0.3, -0.25) is 0 Å². The summed E-state index contributed by atoms with van der Waals surface area (Å²) in [4.78, 5) is 0. The molecule has 1 nitrogen and oxygen atoms in total.